The second-order valence-electron chi connectivity index (χ2n) is 8.00. The van der Waals surface area contributed by atoms with E-state index in [2.05, 4.69) is 15.0 Å². The minimum Gasteiger partial charge on any atom is -0.478 e. The van der Waals surface area contributed by atoms with Crippen LogP contribution in [0.15, 0.2) is 24.3 Å². The van der Waals surface area contributed by atoms with E-state index in [1.165, 1.54) is 24.3 Å². The first kappa shape index (κ1) is 39.2. The highest BCUT2D eigenvalue weighted by atomic mass is 16.5. The van der Waals surface area contributed by atoms with Crippen molar-refractivity contribution in [1.29, 1.82) is 0 Å². The van der Waals surface area contributed by atoms with Gasteiger partial charge in [-0.3, -0.25) is 14.7 Å². The predicted molar refractivity (Wildman–Crippen MR) is 153 cm³/mol. The van der Waals surface area contributed by atoms with Crippen LogP contribution >= 0.6 is 0 Å². The summed E-state index contributed by atoms with van der Waals surface area (Å²) in [6.45, 7) is 1.17. The molecule has 0 aliphatic heterocycles. The Balaban J connectivity index is 0.000000904. The summed E-state index contributed by atoms with van der Waals surface area (Å²) in [7, 11) is 9.48. The molecule has 2 aromatic rings. The van der Waals surface area contributed by atoms with E-state index in [1.807, 2.05) is 0 Å². The number of nitrogens with zero attached hydrogens (tertiary/aromatic N) is 6. The summed E-state index contributed by atoms with van der Waals surface area (Å²) in [6, 6.07) is 5.02. The van der Waals surface area contributed by atoms with E-state index >= 15 is 0 Å². The number of rotatable bonds is 18. The van der Waals surface area contributed by atoms with E-state index in [-0.39, 0.29) is 64.7 Å². The highest BCUT2D eigenvalue weighted by Gasteiger charge is 2.20. The number of methoxy groups -OCH3 is 6. The van der Waals surface area contributed by atoms with Gasteiger partial charge in [-0.05, 0) is 24.3 Å². The summed E-state index contributed by atoms with van der Waals surface area (Å²) >= 11 is 0. The van der Waals surface area contributed by atoms with Crippen molar-refractivity contribution in [3.8, 4) is 0 Å². The van der Waals surface area contributed by atoms with Gasteiger partial charge < -0.3 is 48.8 Å². The van der Waals surface area contributed by atoms with Crippen LogP contribution in [0.4, 0.5) is 17.8 Å². The Morgan fingerprint density at radius 2 is 0.744 bits per heavy atom. The normalized spacial score (nSPS) is 10.1. The molecule has 0 bridgehead atoms. The SMILES string of the molecule is COCN(COC)c1nc(N(COC)COC)nc(N(COC)COC)n1.O=C(O)c1ccc(C(=O)O)cc1.OCCO. The molecule has 0 aliphatic rings. The Labute approximate surface area is 249 Å². The minimum atomic E-state index is -1.06. The van der Waals surface area contributed by atoms with Gasteiger partial charge in [0.15, 0.2) is 0 Å². The van der Waals surface area contributed by atoms with Gasteiger partial charge in [0, 0.05) is 42.7 Å². The van der Waals surface area contributed by atoms with Crippen molar-refractivity contribution in [2.45, 2.75) is 0 Å². The number of aromatic carboxylic acids is 2. The molecule has 0 spiro atoms. The number of aliphatic hydroxyl groups is 2. The summed E-state index contributed by atoms with van der Waals surface area (Å²) in [4.78, 5) is 39.3. The molecule has 0 fully saturated rings. The number of benzene rings is 1. The van der Waals surface area contributed by atoms with Gasteiger partial charge in [0.25, 0.3) is 0 Å². The van der Waals surface area contributed by atoms with Crippen molar-refractivity contribution >= 4 is 29.8 Å². The molecule has 0 aliphatic carbocycles. The Morgan fingerprint density at radius 1 is 0.535 bits per heavy atom. The second-order valence-corrected chi connectivity index (χ2v) is 8.00. The Bertz CT molecular complexity index is 898. The fourth-order valence-corrected chi connectivity index (χ4v) is 2.92. The predicted octanol–water partition coefficient (Wildman–Crippen LogP) is -0.0318. The Hall–Kier alpha value is -3.75. The maximum atomic E-state index is 10.3. The first-order chi connectivity index (χ1) is 20.7. The lowest BCUT2D eigenvalue weighted by atomic mass is 10.1. The lowest BCUT2D eigenvalue weighted by Crippen LogP contribution is -2.36. The molecule has 18 heteroatoms. The molecule has 43 heavy (non-hydrogen) atoms. The molecule has 1 aromatic carbocycles. The third-order valence-corrected chi connectivity index (χ3v) is 4.64. The van der Waals surface area contributed by atoms with Crippen LogP contribution in [0.3, 0.4) is 0 Å². The summed E-state index contributed by atoms with van der Waals surface area (Å²) in [5.41, 5.74) is 0.167. The smallest absolute Gasteiger partial charge is 0.335 e. The Kier molecular flexibility index (Phi) is 21.7. The van der Waals surface area contributed by atoms with Crippen LogP contribution in [0.2, 0.25) is 0 Å². The van der Waals surface area contributed by atoms with E-state index in [4.69, 9.17) is 48.8 Å². The van der Waals surface area contributed by atoms with Crippen LogP contribution in [0.25, 0.3) is 0 Å². The fraction of sp³-hybridized carbons (Fsp3) is 0.560. The minimum absolute atomic E-state index is 0.0833. The molecule has 0 saturated heterocycles. The zero-order chi connectivity index (χ0) is 32.6. The van der Waals surface area contributed by atoms with Crippen molar-refractivity contribution in [1.82, 2.24) is 15.0 Å². The third kappa shape index (κ3) is 15.3. The molecule has 0 unspecified atom stereocenters. The summed E-state index contributed by atoms with van der Waals surface area (Å²) in [5.74, 6) is -1.02. The average molecular weight is 619 g/mol. The van der Waals surface area contributed by atoms with Crippen LogP contribution < -0.4 is 14.7 Å². The summed E-state index contributed by atoms with van der Waals surface area (Å²) in [6.07, 6.45) is 0. The molecule has 244 valence electrons. The lowest BCUT2D eigenvalue weighted by molar-refractivity contribution is 0.0681. The van der Waals surface area contributed by atoms with Gasteiger partial charge in [0.05, 0.1) is 24.3 Å². The standard InChI is InChI=1S/C15H30N6O6.C8H6O4.C2H6O2/c1-22-7-19(8-23-2)13-16-14(20(9-24-3)10-25-4)18-15(17-13)21(11-26-5)12-27-6;9-7(10)5-1-2-6(4-3-5)8(11)12;3-1-2-4/h7-12H2,1-6H3;1-4H,(H,9,10)(H,11,12);3-4H,1-2H2. The van der Waals surface area contributed by atoms with Gasteiger partial charge >= 0.3 is 11.9 Å². The maximum absolute atomic E-state index is 10.3. The lowest BCUT2D eigenvalue weighted by Gasteiger charge is -2.27. The molecular formula is C25H42N6O12. The van der Waals surface area contributed by atoms with Crippen LogP contribution in [-0.2, 0) is 28.4 Å². The van der Waals surface area contributed by atoms with Crippen molar-refractivity contribution in [2.75, 3.05) is 111 Å². The number of carbonyl (C=O) groups is 2. The molecule has 0 saturated carbocycles. The number of hydrogen-bond acceptors (Lipinski definition) is 16. The van der Waals surface area contributed by atoms with Gasteiger partial charge in [0.2, 0.25) is 17.8 Å². The van der Waals surface area contributed by atoms with Crippen LogP contribution in [0.1, 0.15) is 20.7 Å². The van der Waals surface area contributed by atoms with Gasteiger partial charge in [-0.25, -0.2) is 9.59 Å². The summed E-state index contributed by atoms with van der Waals surface area (Å²) < 4.78 is 31.3. The molecule has 0 amide bonds. The van der Waals surface area contributed by atoms with E-state index in [9.17, 15) is 9.59 Å². The first-order valence-corrected chi connectivity index (χ1v) is 12.4. The fourth-order valence-electron chi connectivity index (χ4n) is 2.92. The second kappa shape index (κ2) is 23.8. The number of carboxylic acids is 2. The van der Waals surface area contributed by atoms with Gasteiger partial charge in [-0.1, -0.05) is 0 Å². The molecule has 1 aromatic heterocycles. The monoisotopic (exact) mass is 618 g/mol. The number of anilines is 3. The largest absolute Gasteiger partial charge is 0.478 e. The van der Waals surface area contributed by atoms with Crippen LogP contribution in [0, 0.1) is 0 Å². The van der Waals surface area contributed by atoms with Gasteiger partial charge in [-0.15, -0.1) is 0 Å². The average Bonchev–Trinajstić information content (AvgIpc) is 3.01. The van der Waals surface area contributed by atoms with Crippen LogP contribution in [-0.4, -0.2) is 144 Å². The molecule has 4 N–H and O–H groups in total. The van der Waals surface area contributed by atoms with E-state index < -0.39 is 11.9 Å². The number of hydrogen-bond donors (Lipinski definition) is 4. The first-order valence-electron chi connectivity index (χ1n) is 12.4. The highest BCUT2D eigenvalue weighted by molar-refractivity contribution is 5.91. The molecular weight excluding hydrogens is 576 g/mol. The quantitative estimate of drug-likeness (QED) is 0.161. The maximum Gasteiger partial charge on any atom is 0.335 e. The number of ether oxygens (including phenoxy) is 6. The highest BCUT2D eigenvalue weighted by Crippen LogP contribution is 2.19. The number of aliphatic hydroxyl groups excluding tert-OH is 2. The van der Waals surface area contributed by atoms with Gasteiger partial charge in [-0.2, -0.15) is 15.0 Å². The van der Waals surface area contributed by atoms with E-state index in [1.54, 1.807) is 57.4 Å². The van der Waals surface area contributed by atoms with Crippen molar-refractivity contribution in [3.63, 3.8) is 0 Å². The molecule has 0 atom stereocenters. The zero-order valence-electron chi connectivity index (χ0n) is 25.2. The topological polar surface area (TPSA) is 219 Å². The van der Waals surface area contributed by atoms with E-state index in [0.29, 0.717) is 17.8 Å². The number of aromatic nitrogens is 3. The number of carboxylic acid groups (broad SMARTS) is 2. The van der Waals surface area contributed by atoms with Crippen molar-refractivity contribution < 1.29 is 58.4 Å². The van der Waals surface area contributed by atoms with E-state index in [0.717, 1.165) is 0 Å². The van der Waals surface area contributed by atoms with Crippen LogP contribution in [0.5, 0.6) is 0 Å². The van der Waals surface area contributed by atoms with Crippen molar-refractivity contribution in [2.24, 2.45) is 0 Å². The molecule has 0 radical (unpaired) electrons. The molecule has 18 nitrogen and oxygen atoms in total. The molecule has 1 heterocycles. The Morgan fingerprint density at radius 3 is 0.884 bits per heavy atom. The van der Waals surface area contributed by atoms with Gasteiger partial charge in [0.1, 0.15) is 40.4 Å². The van der Waals surface area contributed by atoms with Crippen molar-refractivity contribution in [3.05, 3.63) is 35.4 Å². The summed E-state index contributed by atoms with van der Waals surface area (Å²) in [5, 5.41) is 32.2. The molecule has 2 rings (SSSR count). The zero-order valence-corrected chi connectivity index (χ0v) is 25.2. The third-order valence-electron chi connectivity index (χ3n) is 4.64.